The van der Waals surface area contributed by atoms with Crippen LogP contribution in [-0.2, 0) is 18.4 Å². The van der Waals surface area contributed by atoms with Crippen LogP contribution in [0.25, 0.3) is 0 Å². The molecule has 1 aliphatic rings. The maximum Gasteiger partial charge on any atom is 0.123 e. The zero-order valence-electron chi connectivity index (χ0n) is 12.3. The topological polar surface area (TPSA) is 29.5 Å². The van der Waals surface area contributed by atoms with Crippen LogP contribution in [0.5, 0.6) is 5.75 Å². The summed E-state index contributed by atoms with van der Waals surface area (Å²) in [5, 5.41) is 11.0. The third-order valence-electron chi connectivity index (χ3n) is 4.28. The first-order valence-corrected chi connectivity index (χ1v) is 7.16. The average Bonchev–Trinajstić information content (AvgIpc) is 2.45. The molecule has 0 aliphatic heterocycles. The van der Waals surface area contributed by atoms with E-state index in [2.05, 4.69) is 0 Å². The van der Waals surface area contributed by atoms with E-state index in [9.17, 15) is 9.50 Å². The smallest absolute Gasteiger partial charge is 0.123 e. The Morgan fingerprint density at radius 2 is 1.95 bits per heavy atom. The standard InChI is InChI=1S/C18H19FO2/c1-12-7-15(10-16(19)8-12)18(20)6-5-13-3-4-17(21-2)9-14(13)11-18/h3-4,7-10,20H,5-6,11H2,1-2H3. The lowest BCUT2D eigenvalue weighted by Crippen LogP contribution is -2.33. The lowest BCUT2D eigenvalue weighted by Gasteiger charge is -2.34. The Hall–Kier alpha value is -1.87. The summed E-state index contributed by atoms with van der Waals surface area (Å²) in [6, 6.07) is 10.7. The Morgan fingerprint density at radius 1 is 1.14 bits per heavy atom. The normalized spacial score (nSPS) is 21.0. The molecular weight excluding hydrogens is 267 g/mol. The number of ether oxygens (including phenoxy) is 1. The first-order valence-electron chi connectivity index (χ1n) is 7.16. The number of methoxy groups -OCH3 is 1. The molecule has 0 amide bonds. The highest BCUT2D eigenvalue weighted by atomic mass is 19.1. The van der Waals surface area contributed by atoms with Gasteiger partial charge in [-0.15, -0.1) is 0 Å². The van der Waals surface area contributed by atoms with Gasteiger partial charge in [0.2, 0.25) is 0 Å². The van der Waals surface area contributed by atoms with E-state index in [4.69, 9.17) is 4.74 Å². The summed E-state index contributed by atoms with van der Waals surface area (Å²) in [6.07, 6.45) is 1.88. The number of aliphatic hydroxyl groups is 1. The molecule has 21 heavy (non-hydrogen) atoms. The second-order valence-corrected chi connectivity index (χ2v) is 5.86. The van der Waals surface area contributed by atoms with Crippen LogP contribution in [0.15, 0.2) is 36.4 Å². The molecule has 1 N–H and O–H groups in total. The van der Waals surface area contributed by atoms with E-state index in [1.165, 1.54) is 17.7 Å². The predicted octanol–water partition coefficient (Wildman–Crippen LogP) is 3.52. The predicted molar refractivity (Wildman–Crippen MR) is 80.1 cm³/mol. The molecule has 2 aromatic rings. The van der Waals surface area contributed by atoms with Crippen molar-refractivity contribution in [3.05, 3.63) is 64.5 Å². The number of hydrogen-bond acceptors (Lipinski definition) is 2. The van der Waals surface area contributed by atoms with Gasteiger partial charge >= 0.3 is 0 Å². The van der Waals surface area contributed by atoms with Crippen LogP contribution in [0.2, 0.25) is 0 Å². The fraction of sp³-hybridized carbons (Fsp3) is 0.333. The van der Waals surface area contributed by atoms with Crippen molar-refractivity contribution >= 4 is 0 Å². The van der Waals surface area contributed by atoms with Gasteiger partial charge in [0.05, 0.1) is 12.7 Å². The summed E-state index contributed by atoms with van der Waals surface area (Å²) in [6.45, 7) is 1.84. The summed E-state index contributed by atoms with van der Waals surface area (Å²) < 4.78 is 18.9. The maximum absolute atomic E-state index is 13.6. The van der Waals surface area contributed by atoms with Crippen molar-refractivity contribution in [2.75, 3.05) is 7.11 Å². The Morgan fingerprint density at radius 3 is 2.67 bits per heavy atom. The second kappa shape index (κ2) is 5.15. The molecule has 110 valence electrons. The second-order valence-electron chi connectivity index (χ2n) is 5.86. The van der Waals surface area contributed by atoms with Crippen LogP contribution in [0.3, 0.4) is 0 Å². The van der Waals surface area contributed by atoms with Gasteiger partial charge in [0, 0.05) is 6.42 Å². The van der Waals surface area contributed by atoms with Gasteiger partial charge in [-0.2, -0.15) is 0 Å². The maximum atomic E-state index is 13.6. The molecule has 3 heteroatoms. The molecule has 1 atom stereocenters. The van der Waals surface area contributed by atoms with Crippen molar-refractivity contribution in [1.29, 1.82) is 0 Å². The van der Waals surface area contributed by atoms with Crippen LogP contribution in [-0.4, -0.2) is 12.2 Å². The molecule has 0 radical (unpaired) electrons. The summed E-state index contributed by atoms with van der Waals surface area (Å²) in [5.41, 5.74) is 2.79. The molecule has 2 nitrogen and oxygen atoms in total. The van der Waals surface area contributed by atoms with E-state index < -0.39 is 5.60 Å². The van der Waals surface area contributed by atoms with E-state index in [0.29, 0.717) is 18.4 Å². The lowest BCUT2D eigenvalue weighted by atomic mass is 9.76. The Kier molecular flexibility index (Phi) is 3.46. The van der Waals surface area contributed by atoms with E-state index in [1.807, 2.05) is 31.2 Å². The van der Waals surface area contributed by atoms with Crippen molar-refractivity contribution in [1.82, 2.24) is 0 Å². The van der Waals surface area contributed by atoms with Crippen LogP contribution < -0.4 is 4.74 Å². The molecule has 1 unspecified atom stereocenters. The lowest BCUT2D eigenvalue weighted by molar-refractivity contribution is 0.0218. The number of halogens is 1. The Labute approximate surface area is 124 Å². The molecule has 0 bridgehead atoms. The molecule has 3 rings (SSSR count). The van der Waals surface area contributed by atoms with Crippen molar-refractivity contribution in [3.63, 3.8) is 0 Å². The molecule has 0 fully saturated rings. The highest BCUT2D eigenvalue weighted by Crippen LogP contribution is 2.38. The average molecular weight is 286 g/mol. The summed E-state index contributed by atoms with van der Waals surface area (Å²) in [7, 11) is 1.63. The van der Waals surface area contributed by atoms with Crippen molar-refractivity contribution in [2.24, 2.45) is 0 Å². The SMILES string of the molecule is COc1ccc2c(c1)CC(O)(c1cc(C)cc(F)c1)CC2. The van der Waals surface area contributed by atoms with Gasteiger partial charge in [0.1, 0.15) is 11.6 Å². The minimum atomic E-state index is -1.01. The summed E-state index contributed by atoms with van der Waals surface area (Å²) in [4.78, 5) is 0. The largest absolute Gasteiger partial charge is 0.497 e. The zero-order valence-corrected chi connectivity index (χ0v) is 12.3. The van der Waals surface area contributed by atoms with Gasteiger partial charge in [0.15, 0.2) is 0 Å². The first-order chi connectivity index (χ1) is 10.00. The zero-order chi connectivity index (χ0) is 15.0. The van der Waals surface area contributed by atoms with Gasteiger partial charge in [-0.05, 0) is 66.3 Å². The van der Waals surface area contributed by atoms with E-state index in [0.717, 1.165) is 23.3 Å². The minimum Gasteiger partial charge on any atom is -0.497 e. The third-order valence-corrected chi connectivity index (χ3v) is 4.28. The molecule has 1 aliphatic carbocycles. The monoisotopic (exact) mass is 286 g/mol. The van der Waals surface area contributed by atoms with Crippen molar-refractivity contribution < 1.29 is 14.2 Å². The summed E-state index contributed by atoms with van der Waals surface area (Å²) >= 11 is 0. The van der Waals surface area contributed by atoms with E-state index in [-0.39, 0.29) is 5.82 Å². The van der Waals surface area contributed by atoms with Gasteiger partial charge < -0.3 is 9.84 Å². The third kappa shape index (κ3) is 2.66. The molecule has 2 aromatic carbocycles. The van der Waals surface area contributed by atoms with Crippen molar-refractivity contribution in [2.45, 2.75) is 31.8 Å². The van der Waals surface area contributed by atoms with Crippen LogP contribution in [0.4, 0.5) is 4.39 Å². The van der Waals surface area contributed by atoms with E-state index in [1.54, 1.807) is 7.11 Å². The molecule has 0 aromatic heterocycles. The van der Waals surface area contributed by atoms with Gasteiger partial charge in [0.25, 0.3) is 0 Å². The van der Waals surface area contributed by atoms with Crippen LogP contribution in [0.1, 0.15) is 28.7 Å². The highest BCUT2D eigenvalue weighted by Gasteiger charge is 2.34. The number of fused-ring (bicyclic) bond motifs is 1. The molecular formula is C18H19FO2. The van der Waals surface area contributed by atoms with E-state index >= 15 is 0 Å². The fourth-order valence-corrected chi connectivity index (χ4v) is 3.13. The van der Waals surface area contributed by atoms with Gasteiger partial charge in [-0.1, -0.05) is 12.1 Å². The fourth-order valence-electron chi connectivity index (χ4n) is 3.13. The number of aryl methyl sites for hydroxylation is 2. The first kappa shape index (κ1) is 14.1. The number of benzene rings is 2. The Bertz CT molecular complexity index is 661. The molecule has 0 saturated carbocycles. The van der Waals surface area contributed by atoms with Crippen molar-refractivity contribution in [3.8, 4) is 5.75 Å². The van der Waals surface area contributed by atoms with Crippen LogP contribution in [0, 0.1) is 12.7 Å². The Balaban J connectivity index is 1.99. The quantitative estimate of drug-likeness (QED) is 0.915. The molecule has 0 spiro atoms. The number of hydrogen-bond donors (Lipinski definition) is 1. The highest BCUT2D eigenvalue weighted by molar-refractivity contribution is 5.41. The van der Waals surface area contributed by atoms with Crippen LogP contribution >= 0.6 is 0 Å². The number of rotatable bonds is 2. The molecule has 0 heterocycles. The minimum absolute atomic E-state index is 0.296. The van der Waals surface area contributed by atoms with Gasteiger partial charge in [-0.3, -0.25) is 0 Å². The van der Waals surface area contributed by atoms with Gasteiger partial charge in [-0.25, -0.2) is 4.39 Å². The summed E-state index contributed by atoms with van der Waals surface area (Å²) in [5.74, 6) is 0.489. The molecule has 0 saturated heterocycles.